The van der Waals surface area contributed by atoms with Crippen LogP contribution in [0.1, 0.15) is 55.7 Å². The largest absolute Gasteiger partial charge is 0.385 e. The summed E-state index contributed by atoms with van der Waals surface area (Å²) >= 11 is 0. The van der Waals surface area contributed by atoms with E-state index < -0.39 is 5.60 Å². The number of likely N-dealkylation sites (tertiary alicyclic amines) is 2. The number of aliphatic hydroxyl groups is 1. The van der Waals surface area contributed by atoms with E-state index in [2.05, 4.69) is 71.3 Å². The van der Waals surface area contributed by atoms with E-state index in [4.69, 9.17) is 0 Å². The second-order valence-electron chi connectivity index (χ2n) is 10.3. The fraction of sp³-hybridized carbons (Fsp3) is 0.571. The van der Waals surface area contributed by atoms with Gasteiger partial charge in [-0.05, 0) is 74.6 Å². The molecule has 3 nitrogen and oxygen atoms in total. The van der Waals surface area contributed by atoms with Gasteiger partial charge in [-0.1, -0.05) is 54.6 Å². The molecule has 166 valence electrons. The van der Waals surface area contributed by atoms with Crippen molar-refractivity contribution in [1.82, 2.24) is 9.80 Å². The molecular formula is C28H38N2O. The average Bonchev–Trinajstić information content (AvgIpc) is 3.40. The molecule has 0 amide bonds. The zero-order valence-corrected chi connectivity index (χ0v) is 19.0. The molecule has 1 saturated carbocycles. The Hall–Kier alpha value is -1.68. The Kier molecular flexibility index (Phi) is 6.19. The fourth-order valence-electron chi connectivity index (χ4n) is 6.50. The third-order valence-corrected chi connectivity index (χ3v) is 8.34. The number of fused-ring (bicyclic) bond motifs is 1. The zero-order chi connectivity index (χ0) is 21.3. The highest BCUT2D eigenvalue weighted by atomic mass is 16.3. The maximum Gasteiger partial charge on any atom is 0.0939 e. The summed E-state index contributed by atoms with van der Waals surface area (Å²) < 4.78 is 0. The van der Waals surface area contributed by atoms with Gasteiger partial charge in [-0.3, -0.25) is 4.90 Å². The summed E-state index contributed by atoms with van der Waals surface area (Å²) in [5.41, 5.74) is 3.25. The molecule has 4 atom stereocenters. The smallest absolute Gasteiger partial charge is 0.0939 e. The molecule has 0 bridgehead atoms. The molecule has 2 aromatic carbocycles. The van der Waals surface area contributed by atoms with Crippen molar-refractivity contribution in [2.75, 3.05) is 26.2 Å². The van der Waals surface area contributed by atoms with Gasteiger partial charge in [-0.15, -0.1) is 0 Å². The number of hydrogen-bond acceptors (Lipinski definition) is 3. The summed E-state index contributed by atoms with van der Waals surface area (Å²) in [6.07, 6.45) is 7.08. The van der Waals surface area contributed by atoms with Crippen molar-refractivity contribution in [3.05, 3.63) is 71.3 Å². The monoisotopic (exact) mass is 418 g/mol. The first-order chi connectivity index (χ1) is 15.1. The molecule has 1 aliphatic carbocycles. The van der Waals surface area contributed by atoms with Gasteiger partial charge in [0.15, 0.2) is 0 Å². The van der Waals surface area contributed by atoms with E-state index in [0.717, 1.165) is 57.0 Å². The third-order valence-electron chi connectivity index (χ3n) is 8.34. The van der Waals surface area contributed by atoms with E-state index >= 15 is 0 Å². The normalized spacial score (nSPS) is 31.7. The van der Waals surface area contributed by atoms with Crippen molar-refractivity contribution in [3.63, 3.8) is 0 Å². The summed E-state index contributed by atoms with van der Waals surface area (Å²) in [4.78, 5) is 5.18. The summed E-state index contributed by atoms with van der Waals surface area (Å²) in [5, 5.41) is 11.9. The Morgan fingerprint density at radius 1 is 0.935 bits per heavy atom. The van der Waals surface area contributed by atoms with E-state index in [1.807, 2.05) is 0 Å². The molecule has 31 heavy (non-hydrogen) atoms. The molecule has 3 aliphatic rings. The summed E-state index contributed by atoms with van der Waals surface area (Å²) in [6.45, 7) is 7.88. The highest BCUT2D eigenvalue weighted by molar-refractivity contribution is 5.30. The first-order valence-corrected chi connectivity index (χ1v) is 12.4. The molecule has 2 aromatic rings. The SMILES string of the molecule is CC1CCCN1CCc1ccc(C2(O)CCC[C@H]3CN(Cc4ccccc4)C[C@H]32)cc1. The van der Waals surface area contributed by atoms with Crippen LogP contribution >= 0.6 is 0 Å². The fourth-order valence-corrected chi connectivity index (χ4v) is 6.50. The predicted octanol–water partition coefficient (Wildman–Crippen LogP) is 4.83. The van der Waals surface area contributed by atoms with Crippen molar-refractivity contribution in [2.24, 2.45) is 11.8 Å². The van der Waals surface area contributed by atoms with Crippen LogP contribution < -0.4 is 0 Å². The van der Waals surface area contributed by atoms with Gasteiger partial charge in [0.2, 0.25) is 0 Å². The molecule has 2 aliphatic heterocycles. The minimum atomic E-state index is -0.670. The van der Waals surface area contributed by atoms with Crippen LogP contribution in [0.4, 0.5) is 0 Å². The van der Waals surface area contributed by atoms with E-state index in [9.17, 15) is 5.11 Å². The minimum Gasteiger partial charge on any atom is -0.385 e. The second kappa shape index (κ2) is 9.05. The van der Waals surface area contributed by atoms with Crippen molar-refractivity contribution in [1.29, 1.82) is 0 Å². The molecule has 2 unspecified atom stereocenters. The van der Waals surface area contributed by atoms with E-state index in [0.29, 0.717) is 11.8 Å². The summed E-state index contributed by atoms with van der Waals surface area (Å²) in [7, 11) is 0. The van der Waals surface area contributed by atoms with E-state index in [-0.39, 0.29) is 0 Å². The molecular weight excluding hydrogens is 380 g/mol. The predicted molar refractivity (Wildman–Crippen MR) is 127 cm³/mol. The van der Waals surface area contributed by atoms with Gasteiger partial charge in [-0.2, -0.15) is 0 Å². The van der Waals surface area contributed by atoms with Crippen LogP contribution in [0.2, 0.25) is 0 Å². The number of rotatable bonds is 6. The lowest BCUT2D eigenvalue weighted by atomic mass is 9.67. The van der Waals surface area contributed by atoms with Gasteiger partial charge >= 0.3 is 0 Å². The van der Waals surface area contributed by atoms with Crippen LogP contribution in [0.5, 0.6) is 0 Å². The zero-order valence-electron chi connectivity index (χ0n) is 19.0. The average molecular weight is 419 g/mol. The molecule has 3 heteroatoms. The van der Waals surface area contributed by atoms with Crippen molar-refractivity contribution in [2.45, 2.75) is 63.6 Å². The van der Waals surface area contributed by atoms with Gasteiger partial charge in [-0.25, -0.2) is 0 Å². The van der Waals surface area contributed by atoms with Crippen LogP contribution in [-0.2, 0) is 18.6 Å². The van der Waals surface area contributed by atoms with Crippen molar-refractivity contribution in [3.8, 4) is 0 Å². The lowest BCUT2D eigenvalue weighted by Crippen LogP contribution is -2.42. The first-order valence-electron chi connectivity index (χ1n) is 12.4. The van der Waals surface area contributed by atoms with Crippen molar-refractivity contribution < 1.29 is 5.11 Å². The second-order valence-corrected chi connectivity index (χ2v) is 10.3. The van der Waals surface area contributed by atoms with E-state index in [1.165, 1.54) is 36.9 Å². The van der Waals surface area contributed by atoms with Crippen LogP contribution in [0.25, 0.3) is 0 Å². The molecule has 2 saturated heterocycles. The van der Waals surface area contributed by atoms with Crippen LogP contribution in [0.3, 0.4) is 0 Å². The Morgan fingerprint density at radius 3 is 2.48 bits per heavy atom. The lowest BCUT2D eigenvalue weighted by molar-refractivity contribution is -0.0648. The highest BCUT2D eigenvalue weighted by Crippen LogP contribution is 2.48. The maximum absolute atomic E-state index is 11.9. The Balaban J connectivity index is 1.25. The van der Waals surface area contributed by atoms with Gasteiger partial charge in [0, 0.05) is 38.1 Å². The molecule has 0 spiro atoms. The van der Waals surface area contributed by atoms with Crippen LogP contribution in [0, 0.1) is 11.8 Å². The van der Waals surface area contributed by atoms with Crippen molar-refractivity contribution >= 4 is 0 Å². The quantitative estimate of drug-likeness (QED) is 0.728. The summed E-state index contributed by atoms with van der Waals surface area (Å²) in [6, 6.07) is 20.5. The van der Waals surface area contributed by atoms with Crippen LogP contribution in [0.15, 0.2) is 54.6 Å². The summed E-state index contributed by atoms with van der Waals surface area (Å²) in [5.74, 6) is 0.958. The molecule has 1 N–H and O–H groups in total. The Bertz CT molecular complexity index is 851. The maximum atomic E-state index is 11.9. The Morgan fingerprint density at radius 2 is 1.74 bits per heavy atom. The van der Waals surface area contributed by atoms with Crippen LogP contribution in [-0.4, -0.2) is 47.1 Å². The van der Waals surface area contributed by atoms with Gasteiger partial charge in [0.05, 0.1) is 5.60 Å². The Labute approximate surface area is 188 Å². The topological polar surface area (TPSA) is 26.7 Å². The molecule has 2 heterocycles. The molecule has 0 radical (unpaired) electrons. The minimum absolute atomic E-state index is 0.348. The van der Waals surface area contributed by atoms with E-state index in [1.54, 1.807) is 0 Å². The third kappa shape index (κ3) is 4.46. The number of hydrogen-bond donors (Lipinski definition) is 1. The van der Waals surface area contributed by atoms with Gasteiger partial charge < -0.3 is 10.0 Å². The molecule has 5 rings (SSSR count). The number of nitrogens with zero attached hydrogens (tertiary/aromatic N) is 2. The molecule has 0 aromatic heterocycles. The number of benzene rings is 2. The standard InChI is InChI=1S/C28H38N2O/c1-22-7-6-17-30(22)18-15-23-11-13-26(14-12-23)28(31)16-5-10-25-20-29(21-27(25)28)19-24-8-3-2-4-9-24/h2-4,8-9,11-14,22,25,27,31H,5-7,10,15-21H2,1H3/t22?,25-,27+,28?/m0/s1. The lowest BCUT2D eigenvalue weighted by Gasteiger charge is -2.41. The van der Waals surface area contributed by atoms with Gasteiger partial charge in [0.1, 0.15) is 0 Å². The molecule has 3 fully saturated rings. The highest BCUT2D eigenvalue weighted by Gasteiger charge is 2.49. The van der Waals surface area contributed by atoms with Gasteiger partial charge in [0.25, 0.3) is 0 Å². The first kappa shape index (κ1) is 21.2.